The molecule has 2 saturated heterocycles. The van der Waals surface area contributed by atoms with E-state index in [-0.39, 0.29) is 12.1 Å². The number of nitrogens with zero attached hydrogens (tertiary/aromatic N) is 1. The van der Waals surface area contributed by atoms with Crippen molar-refractivity contribution < 1.29 is 14.3 Å². The summed E-state index contributed by atoms with van der Waals surface area (Å²) in [5.74, 6) is 2.68. The zero-order valence-corrected chi connectivity index (χ0v) is 10.7. The third-order valence-electron chi connectivity index (χ3n) is 3.15. The zero-order chi connectivity index (χ0) is 12.7. The molecule has 2 atom stereocenters. The van der Waals surface area contributed by atoms with Crippen LogP contribution in [-0.4, -0.2) is 41.4 Å². The molecule has 0 aliphatic carbocycles. The first-order valence-electron chi connectivity index (χ1n) is 5.97. The number of terminal acetylenes is 1. The highest BCUT2D eigenvalue weighted by Crippen LogP contribution is 2.36. The van der Waals surface area contributed by atoms with Crippen LogP contribution in [0.1, 0.15) is 33.6 Å². The van der Waals surface area contributed by atoms with E-state index in [1.54, 1.807) is 4.90 Å². The smallest absolute Gasteiger partial charge is 0.410 e. The van der Waals surface area contributed by atoms with E-state index in [0.29, 0.717) is 13.2 Å². The fourth-order valence-electron chi connectivity index (χ4n) is 2.39. The van der Waals surface area contributed by atoms with E-state index in [2.05, 4.69) is 5.92 Å². The van der Waals surface area contributed by atoms with Crippen molar-refractivity contribution in [3.05, 3.63) is 0 Å². The van der Waals surface area contributed by atoms with Crippen molar-refractivity contribution in [1.29, 1.82) is 0 Å². The van der Waals surface area contributed by atoms with Crippen molar-refractivity contribution >= 4 is 6.09 Å². The molecule has 0 aromatic carbocycles. The van der Waals surface area contributed by atoms with Gasteiger partial charge in [-0.25, -0.2) is 4.79 Å². The summed E-state index contributed by atoms with van der Waals surface area (Å²) in [4.78, 5) is 13.8. The Kier molecular flexibility index (Phi) is 2.82. The highest BCUT2D eigenvalue weighted by molar-refractivity contribution is 5.69. The largest absolute Gasteiger partial charge is 0.444 e. The molecule has 2 unspecified atom stereocenters. The van der Waals surface area contributed by atoms with Gasteiger partial charge in [-0.05, 0) is 27.2 Å². The van der Waals surface area contributed by atoms with Gasteiger partial charge in [-0.2, -0.15) is 0 Å². The van der Waals surface area contributed by atoms with Crippen LogP contribution in [0.2, 0.25) is 0 Å². The lowest BCUT2D eigenvalue weighted by Gasteiger charge is -2.28. The summed E-state index contributed by atoms with van der Waals surface area (Å²) in [5.41, 5.74) is -1.06. The number of hydrogen-bond acceptors (Lipinski definition) is 3. The highest BCUT2D eigenvalue weighted by Gasteiger charge is 2.49. The molecule has 2 aliphatic rings. The van der Waals surface area contributed by atoms with Gasteiger partial charge < -0.3 is 14.4 Å². The van der Waals surface area contributed by atoms with Gasteiger partial charge in [0.1, 0.15) is 11.2 Å². The first kappa shape index (κ1) is 12.3. The van der Waals surface area contributed by atoms with Gasteiger partial charge in [-0.3, -0.25) is 0 Å². The van der Waals surface area contributed by atoms with Crippen LogP contribution in [0.5, 0.6) is 0 Å². The van der Waals surface area contributed by atoms with Gasteiger partial charge in [-0.1, -0.05) is 5.92 Å². The van der Waals surface area contributed by atoms with Crippen LogP contribution in [0.15, 0.2) is 0 Å². The lowest BCUT2D eigenvalue weighted by molar-refractivity contribution is -0.00850. The number of hydrogen-bond donors (Lipinski definition) is 0. The molecule has 0 aromatic rings. The summed E-state index contributed by atoms with van der Waals surface area (Å²) in [5, 5.41) is 0. The molecule has 0 N–H and O–H groups in total. The second kappa shape index (κ2) is 3.92. The summed E-state index contributed by atoms with van der Waals surface area (Å²) < 4.78 is 11.0. The van der Waals surface area contributed by atoms with Crippen molar-refractivity contribution in [3.63, 3.8) is 0 Å². The van der Waals surface area contributed by atoms with Gasteiger partial charge in [0.25, 0.3) is 0 Å². The van der Waals surface area contributed by atoms with Crippen molar-refractivity contribution in [2.24, 2.45) is 0 Å². The second-order valence-electron chi connectivity index (χ2n) is 5.74. The highest BCUT2D eigenvalue weighted by atomic mass is 16.6. The average Bonchev–Trinajstić information content (AvgIpc) is 2.49. The van der Waals surface area contributed by atoms with Crippen molar-refractivity contribution in [1.82, 2.24) is 4.90 Å². The minimum Gasteiger partial charge on any atom is -0.444 e. The van der Waals surface area contributed by atoms with Crippen LogP contribution >= 0.6 is 0 Å². The molecular weight excluding hydrogens is 218 g/mol. The predicted molar refractivity (Wildman–Crippen MR) is 63.5 cm³/mol. The summed E-state index contributed by atoms with van der Waals surface area (Å²) in [6, 6.07) is 0.162. The Morgan fingerprint density at radius 1 is 1.59 bits per heavy atom. The SMILES string of the molecule is C#CC12CC(CCO1)N(C(=O)OC(C)(C)C)C2. The molecule has 4 heteroatoms. The molecule has 2 rings (SSSR count). The van der Waals surface area contributed by atoms with Gasteiger partial charge in [0.15, 0.2) is 0 Å². The Hall–Kier alpha value is -1.21. The molecule has 4 nitrogen and oxygen atoms in total. The Labute approximate surface area is 102 Å². The summed E-state index contributed by atoms with van der Waals surface area (Å²) in [6.07, 6.45) is 6.79. The first-order valence-corrected chi connectivity index (χ1v) is 5.97. The third-order valence-corrected chi connectivity index (χ3v) is 3.15. The molecular formula is C13H19NO3. The van der Waals surface area contributed by atoms with Crippen LogP contribution in [-0.2, 0) is 9.47 Å². The lowest BCUT2D eigenvalue weighted by atomic mass is 9.97. The Morgan fingerprint density at radius 3 is 2.82 bits per heavy atom. The summed E-state index contributed by atoms with van der Waals surface area (Å²) >= 11 is 0. The van der Waals surface area contributed by atoms with E-state index in [4.69, 9.17) is 15.9 Å². The zero-order valence-electron chi connectivity index (χ0n) is 10.7. The van der Waals surface area contributed by atoms with E-state index in [1.807, 2.05) is 20.8 Å². The predicted octanol–water partition coefficient (Wildman–Crippen LogP) is 1.79. The van der Waals surface area contributed by atoms with E-state index < -0.39 is 11.2 Å². The fraction of sp³-hybridized carbons (Fsp3) is 0.769. The number of carbonyl (C=O) groups is 1. The van der Waals surface area contributed by atoms with Gasteiger partial charge in [-0.15, -0.1) is 6.42 Å². The number of likely N-dealkylation sites (tertiary alicyclic amines) is 1. The average molecular weight is 237 g/mol. The minimum atomic E-state index is -0.584. The van der Waals surface area contributed by atoms with Crippen LogP contribution in [0.4, 0.5) is 4.79 Å². The molecule has 1 amide bonds. The van der Waals surface area contributed by atoms with Crippen molar-refractivity contribution in [2.75, 3.05) is 13.2 Å². The quantitative estimate of drug-likeness (QED) is 0.603. The second-order valence-corrected chi connectivity index (χ2v) is 5.74. The van der Waals surface area contributed by atoms with Crippen molar-refractivity contribution in [2.45, 2.75) is 50.9 Å². The molecule has 94 valence electrons. The number of fused-ring (bicyclic) bond motifs is 2. The van der Waals surface area contributed by atoms with Gasteiger partial charge >= 0.3 is 6.09 Å². The summed E-state index contributed by atoms with van der Waals surface area (Å²) in [7, 11) is 0. The first-order chi connectivity index (χ1) is 7.85. The van der Waals surface area contributed by atoms with Gasteiger partial charge in [0.2, 0.25) is 0 Å². The molecule has 17 heavy (non-hydrogen) atoms. The number of amides is 1. The third kappa shape index (κ3) is 2.39. The molecule has 0 spiro atoms. The van der Waals surface area contributed by atoms with Crippen LogP contribution < -0.4 is 0 Å². The maximum absolute atomic E-state index is 12.0. The number of carbonyl (C=O) groups excluding carboxylic acids is 1. The molecule has 2 aliphatic heterocycles. The fourth-order valence-corrected chi connectivity index (χ4v) is 2.39. The monoisotopic (exact) mass is 237 g/mol. The standard InChI is InChI=1S/C13H19NO3/c1-5-13-8-10(6-7-16-13)14(9-13)11(15)17-12(2,3)4/h1,10H,6-9H2,2-4H3. The summed E-state index contributed by atoms with van der Waals surface area (Å²) in [6.45, 7) is 6.65. The van der Waals surface area contributed by atoms with E-state index in [9.17, 15) is 4.79 Å². The Balaban J connectivity index is 2.09. The van der Waals surface area contributed by atoms with Crippen LogP contribution in [0.25, 0.3) is 0 Å². The normalized spacial score (nSPS) is 32.1. The Morgan fingerprint density at radius 2 is 2.29 bits per heavy atom. The maximum Gasteiger partial charge on any atom is 0.410 e. The minimum absolute atomic E-state index is 0.162. The molecule has 0 aromatic heterocycles. The van der Waals surface area contributed by atoms with E-state index in [0.717, 1.165) is 12.8 Å². The number of ether oxygens (including phenoxy) is 2. The van der Waals surface area contributed by atoms with E-state index >= 15 is 0 Å². The Bertz CT molecular complexity index is 366. The number of rotatable bonds is 0. The van der Waals surface area contributed by atoms with Crippen LogP contribution in [0, 0.1) is 12.3 Å². The lowest BCUT2D eigenvalue weighted by Crippen LogP contribution is -2.40. The maximum atomic E-state index is 12.0. The molecule has 0 saturated carbocycles. The topological polar surface area (TPSA) is 38.8 Å². The molecule has 2 bridgehead atoms. The van der Waals surface area contributed by atoms with Crippen LogP contribution in [0.3, 0.4) is 0 Å². The molecule has 0 radical (unpaired) electrons. The molecule has 2 heterocycles. The van der Waals surface area contributed by atoms with Gasteiger partial charge in [0.05, 0.1) is 13.2 Å². The molecule has 2 fully saturated rings. The van der Waals surface area contributed by atoms with Gasteiger partial charge in [0, 0.05) is 12.5 Å². The van der Waals surface area contributed by atoms with E-state index in [1.165, 1.54) is 0 Å². The van der Waals surface area contributed by atoms with Crippen molar-refractivity contribution in [3.8, 4) is 12.3 Å².